The van der Waals surface area contributed by atoms with E-state index in [-0.39, 0.29) is 17.7 Å². The molecule has 2 heterocycles. The van der Waals surface area contributed by atoms with Crippen LogP contribution in [0.2, 0.25) is 0 Å². The topological polar surface area (TPSA) is 87.4 Å². The van der Waals surface area contributed by atoms with Gasteiger partial charge in [-0.2, -0.15) is 5.26 Å². The van der Waals surface area contributed by atoms with Crippen molar-refractivity contribution < 1.29 is 9.53 Å². The molecule has 1 aromatic carbocycles. The molecule has 1 aromatic heterocycles. The Labute approximate surface area is 185 Å². The van der Waals surface area contributed by atoms with E-state index < -0.39 is 5.97 Å². The van der Waals surface area contributed by atoms with Gasteiger partial charge in [-0.25, -0.2) is 4.79 Å². The number of benzene rings is 1. The maximum atomic E-state index is 12.8. The summed E-state index contributed by atoms with van der Waals surface area (Å²) in [5.41, 5.74) is 1.73. The summed E-state index contributed by atoms with van der Waals surface area (Å²) in [7, 11) is 0. The third kappa shape index (κ3) is 5.63. The van der Waals surface area contributed by atoms with E-state index in [4.69, 9.17) is 4.74 Å². The average molecular weight is 441 g/mol. The van der Waals surface area contributed by atoms with Crippen molar-refractivity contribution in [1.82, 2.24) is 9.47 Å². The van der Waals surface area contributed by atoms with Gasteiger partial charge in [0.25, 0.3) is 5.56 Å². The van der Waals surface area contributed by atoms with Crippen LogP contribution in [0, 0.1) is 11.3 Å². The number of piperidine rings is 1. The van der Waals surface area contributed by atoms with Gasteiger partial charge in [-0.1, -0.05) is 18.6 Å². The number of aromatic nitrogens is 1. The molecule has 0 aliphatic carbocycles. The summed E-state index contributed by atoms with van der Waals surface area (Å²) in [4.78, 5) is 27.4. The van der Waals surface area contributed by atoms with E-state index in [1.54, 1.807) is 20.0 Å². The lowest BCUT2D eigenvalue weighted by atomic mass is 10.1. The predicted octanol–water partition coefficient (Wildman–Crippen LogP) is 2.00. The zero-order valence-corrected chi connectivity index (χ0v) is 18.8. The van der Waals surface area contributed by atoms with E-state index in [2.05, 4.69) is 22.3 Å². The van der Waals surface area contributed by atoms with Gasteiger partial charge in [0.2, 0.25) is 0 Å². The molecular weight excluding hydrogens is 412 g/mol. The van der Waals surface area contributed by atoms with Crippen LogP contribution in [0.15, 0.2) is 29.1 Å². The number of nitrogens with one attached hydrogen (secondary N) is 1. The number of hydrogen-bond acceptors (Lipinski definition) is 7. The van der Waals surface area contributed by atoms with Crippen molar-refractivity contribution in [3.63, 3.8) is 0 Å². The quantitative estimate of drug-likeness (QED) is 0.663. The molecule has 1 aliphatic rings. The molecular formula is C23H28N4O3S. The van der Waals surface area contributed by atoms with Crippen molar-refractivity contribution >= 4 is 34.8 Å². The second-order valence-electron chi connectivity index (χ2n) is 7.35. The molecule has 0 unspecified atom stereocenters. The third-order valence-electron chi connectivity index (χ3n) is 5.18. The van der Waals surface area contributed by atoms with Gasteiger partial charge in [-0.15, -0.1) is 11.3 Å². The number of rotatable bonds is 7. The first-order valence-corrected chi connectivity index (χ1v) is 11.5. The first-order chi connectivity index (χ1) is 15.1. The number of thiazole rings is 1. The SMILES string of the molecule is CCOC(=O)/C(C#N)=c1\s/c(=C\Nc2cccc(CN3CCCCC3)c2)c(=O)n1CC. The molecule has 31 heavy (non-hydrogen) atoms. The standard InChI is InChI=1S/C23H28N4O3S/c1-3-27-21(28)20(31-22(27)19(14-24)23(29)30-4-2)15-25-18-10-8-9-17(13-18)16-26-11-6-5-7-12-26/h8-10,13,15,25H,3-7,11-12,16H2,1-2H3/b20-15-,22-19-. The zero-order chi connectivity index (χ0) is 22.2. The summed E-state index contributed by atoms with van der Waals surface area (Å²) in [6.45, 7) is 7.19. The lowest BCUT2D eigenvalue weighted by Crippen LogP contribution is -2.32. The third-order valence-corrected chi connectivity index (χ3v) is 6.31. The van der Waals surface area contributed by atoms with Gasteiger partial charge in [-0.05, 0) is 57.5 Å². The van der Waals surface area contributed by atoms with Gasteiger partial charge in [0.05, 0.1) is 6.61 Å². The lowest BCUT2D eigenvalue weighted by Gasteiger charge is -2.26. The Bertz CT molecular complexity index is 1140. The average Bonchev–Trinajstić information content (AvgIpc) is 3.09. The summed E-state index contributed by atoms with van der Waals surface area (Å²) in [6, 6.07) is 10.0. The molecule has 1 aliphatic heterocycles. The molecule has 0 amide bonds. The minimum atomic E-state index is -0.710. The van der Waals surface area contributed by atoms with Gasteiger partial charge in [0.1, 0.15) is 15.3 Å². The van der Waals surface area contributed by atoms with E-state index in [1.807, 2.05) is 18.2 Å². The van der Waals surface area contributed by atoms with E-state index in [0.717, 1.165) is 36.7 Å². The van der Waals surface area contributed by atoms with Gasteiger partial charge < -0.3 is 10.1 Å². The largest absolute Gasteiger partial charge is 0.462 e. The van der Waals surface area contributed by atoms with E-state index in [9.17, 15) is 14.9 Å². The summed E-state index contributed by atoms with van der Waals surface area (Å²) >= 11 is 1.11. The highest BCUT2D eigenvalue weighted by Crippen LogP contribution is 2.16. The van der Waals surface area contributed by atoms with Gasteiger partial charge >= 0.3 is 5.97 Å². The van der Waals surface area contributed by atoms with Crippen LogP contribution in [0.4, 0.5) is 5.69 Å². The highest BCUT2D eigenvalue weighted by Gasteiger charge is 2.16. The van der Waals surface area contributed by atoms with Crippen LogP contribution < -0.4 is 20.1 Å². The Hall–Kier alpha value is -2.89. The normalized spacial score (nSPS) is 16.0. The maximum Gasteiger partial charge on any atom is 0.351 e. The zero-order valence-electron chi connectivity index (χ0n) is 18.0. The van der Waals surface area contributed by atoms with E-state index in [1.165, 1.54) is 29.4 Å². The Morgan fingerprint density at radius 2 is 2.06 bits per heavy atom. The number of hydrogen-bond donors (Lipinski definition) is 1. The summed E-state index contributed by atoms with van der Waals surface area (Å²) in [5, 5.41) is 12.6. The van der Waals surface area contributed by atoms with E-state index >= 15 is 0 Å². The minimum absolute atomic E-state index is 0.144. The predicted molar refractivity (Wildman–Crippen MR) is 123 cm³/mol. The molecule has 7 nitrogen and oxygen atoms in total. The molecule has 1 saturated heterocycles. The van der Waals surface area contributed by atoms with Crippen molar-refractivity contribution in [1.29, 1.82) is 5.26 Å². The van der Waals surface area contributed by atoms with Gasteiger partial charge in [0.15, 0.2) is 5.57 Å². The number of carbonyl (C=O) groups excluding carboxylic acids is 1. The number of nitrogens with zero attached hydrogens (tertiary/aromatic N) is 3. The Kier molecular flexibility index (Phi) is 8.04. The Morgan fingerprint density at radius 1 is 1.29 bits per heavy atom. The van der Waals surface area contributed by atoms with Crippen LogP contribution in [0.25, 0.3) is 11.8 Å². The van der Waals surface area contributed by atoms with Crippen LogP contribution >= 0.6 is 11.3 Å². The van der Waals surface area contributed by atoms with Gasteiger partial charge in [-0.3, -0.25) is 14.3 Å². The monoisotopic (exact) mass is 440 g/mol. The lowest BCUT2D eigenvalue weighted by molar-refractivity contribution is -0.136. The second kappa shape index (κ2) is 10.9. The maximum absolute atomic E-state index is 12.8. The van der Waals surface area contributed by atoms with Crippen molar-refractivity contribution in [2.45, 2.75) is 46.2 Å². The Balaban J connectivity index is 1.89. The van der Waals surface area contributed by atoms with Crippen molar-refractivity contribution in [3.8, 4) is 6.07 Å². The summed E-state index contributed by atoms with van der Waals surface area (Å²) < 4.78 is 7.14. The molecule has 8 heteroatoms. The molecule has 2 aromatic rings. The molecule has 0 saturated carbocycles. The number of ether oxygens (including phenoxy) is 1. The van der Waals surface area contributed by atoms with Gasteiger partial charge in [0, 0.05) is 25.0 Å². The second-order valence-corrected chi connectivity index (χ2v) is 8.38. The molecule has 1 fully saturated rings. The first kappa shape index (κ1) is 22.8. The number of anilines is 1. The highest BCUT2D eigenvalue weighted by atomic mass is 32.1. The number of esters is 1. The van der Waals surface area contributed by atoms with E-state index in [0.29, 0.717) is 15.7 Å². The summed E-state index contributed by atoms with van der Waals surface area (Å²) in [5.74, 6) is -0.710. The smallest absolute Gasteiger partial charge is 0.351 e. The fourth-order valence-corrected chi connectivity index (χ4v) is 4.74. The fourth-order valence-electron chi connectivity index (χ4n) is 3.66. The highest BCUT2D eigenvalue weighted by molar-refractivity contribution is 7.07. The Morgan fingerprint density at radius 3 is 2.74 bits per heavy atom. The van der Waals surface area contributed by atoms with Crippen LogP contribution in [0.3, 0.4) is 0 Å². The molecule has 0 spiro atoms. The van der Waals surface area contributed by atoms with Crippen LogP contribution in [0.1, 0.15) is 38.7 Å². The van der Waals surface area contributed by atoms with Crippen LogP contribution in [-0.4, -0.2) is 35.1 Å². The number of likely N-dealkylation sites (tertiary alicyclic amines) is 1. The first-order valence-electron chi connectivity index (χ1n) is 10.7. The molecule has 3 rings (SSSR count). The van der Waals surface area contributed by atoms with Crippen molar-refractivity contribution in [2.24, 2.45) is 0 Å². The minimum Gasteiger partial charge on any atom is -0.462 e. The fraction of sp³-hybridized carbons (Fsp3) is 0.435. The molecule has 0 bridgehead atoms. The molecule has 1 N–H and O–H groups in total. The van der Waals surface area contributed by atoms with Crippen molar-refractivity contribution in [3.05, 3.63) is 49.4 Å². The summed E-state index contributed by atoms with van der Waals surface area (Å²) in [6.07, 6.45) is 5.46. The van der Waals surface area contributed by atoms with Crippen LogP contribution in [0.5, 0.6) is 0 Å². The molecule has 0 radical (unpaired) electrons. The molecule has 164 valence electrons. The van der Waals surface area contributed by atoms with Crippen LogP contribution in [-0.2, 0) is 22.6 Å². The number of carbonyl (C=O) groups is 1. The van der Waals surface area contributed by atoms with Crippen molar-refractivity contribution in [2.75, 3.05) is 25.0 Å². The molecule has 0 atom stereocenters. The number of nitriles is 1.